The number of amides is 1. The second kappa shape index (κ2) is 6.52. The molecule has 0 aromatic heterocycles. The highest BCUT2D eigenvalue weighted by atomic mass is 16.4. The third-order valence-electron chi connectivity index (χ3n) is 3.77. The number of nitrogens with zero attached hydrogens (tertiary/aromatic N) is 1. The van der Waals surface area contributed by atoms with E-state index in [1.807, 2.05) is 42.2 Å². The predicted molar refractivity (Wildman–Crippen MR) is 76.5 cm³/mol. The Morgan fingerprint density at radius 1 is 1.35 bits per heavy atom. The zero-order valence-electron chi connectivity index (χ0n) is 11.6. The van der Waals surface area contributed by atoms with Crippen molar-refractivity contribution in [1.82, 2.24) is 4.90 Å². The molecule has 108 valence electrons. The third kappa shape index (κ3) is 3.57. The van der Waals surface area contributed by atoms with Crippen LogP contribution in [0, 0.1) is 5.92 Å². The Balaban J connectivity index is 1.94. The van der Waals surface area contributed by atoms with Gasteiger partial charge < -0.3 is 10.4 Å². The van der Waals surface area contributed by atoms with Crippen molar-refractivity contribution in [2.45, 2.75) is 25.8 Å². The van der Waals surface area contributed by atoms with Crippen LogP contribution in [0.4, 0.5) is 5.69 Å². The van der Waals surface area contributed by atoms with Crippen LogP contribution in [0.3, 0.4) is 0 Å². The summed E-state index contributed by atoms with van der Waals surface area (Å²) >= 11 is 0. The van der Waals surface area contributed by atoms with E-state index in [4.69, 9.17) is 5.11 Å². The topological polar surface area (TPSA) is 69.6 Å². The number of hydrogen-bond donors (Lipinski definition) is 2. The summed E-state index contributed by atoms with van der Waals surface area (Å²) in [6.45, 7) is 3.04. The van der Waals surface area contributed by atoms with Crippen LogP contribution in [0.1, 0.15) is 19.8 Å². The number of anilines is 1. The summed E-state index contributed by atoms with van der Waals surface area (Å²) in [6.07, 6.45) is 1.51. The molecule has 1 aromatic carbocycles. The number of piperidine rings is 1. The van der Waals surface area contributed by atoms with Crippen LogP contribution in [0.25, 0.3) is 0 Å². The van der Waals surface area contributed by atoms with E-state index >= 15 is 0 Å². The lowest BCUT2D eigenvalue weighted by molar-refractivity contribution is -0.144. The SMILES string of the molecule is CC(C(=O)Nc1ccccc1)N1CCCC(C(=O)O)C1. The molecule has 5 nitrogen and oxygen atoms in total. The van der Waals surface area contributed by atoms with Crippen molar-refractivity contribution in [3.05, 3.63) is 30.3 Å². The Hall–Kier alpha value is -1.88. The van der Waals surface area contributed by atoms with E-state index < -0.39 is 5.97 Å². The first-order chi connectivity index (χ1) is 9.58. The second-order valence-electron chi connectivity index (χ2n) is 5.20. The number of para-hydroxylation sites is 1. The number of hydrogen-bond acceptors (Lipinski definition) is 3. The lowest BCUT2D eigenvalue weighted by atomic mass is 9.97. The largest absolute Gasteiger partial charge is 0.481 e. The molecule has 0 bridgehead atoms. The van der Waals surface area contributed by atoms with Crippen molar-refractivity contribution in [3.8, 4) is 0 Å². The average Bonchev–Trinajstić information content (AvgIpc) is 2.47. The molecule has 0 radical (unpaired) electrons. The summed E-state index contributed by atoms with van der Waals surface area (Å²) in [5.41, 5.74) is 0.760. The van der Waals surface area contributed by atoms with Gasteiger partial charge in [0.2, 0.25) is 5.91 Å². The lowest BCUT2D eigenvalue weighted by Crippen LogP contribution is -2.48. The van der Waals surface area contributed by atoms with Gasteiger partial charge in [-0.15, -0.1) is 0 Å². The Morgan fingerprint density at radius 2 is 2.05 bits per heavy atom. The molecule has 1 aliphatic heterocycles. The van der Waals surface area contributed by atoms with E-state index in [0.29, 0.717) is 13.0 Å². The minimum Gasteiger partial charge on any atom is -0.481 e. The van der Waals surface area contributed by atoms with Crippen LogP contribution >= 0.6 is 0 Å². The van der Waals surface area contributed by atoms with E-state index in [0.717, 1.165) is 18.7 Å². The number of nitrogens with one attached hydrogen (secondary N) is 1. The van der Waals surface area contributed by atoms with Gasteiger partial charge in [-0.05, 0) is 38.4 Å². The highest BCUT2D eigenvalue weighted by Gasteiger charge is 2.30. The number of likely N-dealkylation sites (tertiary alicyclic amines) is 1. The summed E-state index contributed by atoms with van der Waals surface area (Å²) in [5, 5.41) is 11.9. The second-order valence-corrected chi connectivity index (χ2v) is 5.20. The highest BCUT2D eigenvalue weighted by molar-refractivity contribution is 5.94. The van der Waals surface area contributed by atoms with E-state index in [9.17, 15) is 9.59 Å². The number of carbonyl (C=O) groups excluding carboxylic acids is 1. The maximum Gasteiger partial charge on any atom is 0.307 e. The Labute approximate surface area is 118 Å². The fraction of sp³-hybridized carbons (Fsp3) is 0.467. The molecule has 0 aliphatic carbocycles. The standard InChI is InChI=1S/C15H20N2O3/c1-11(14(18)16-13-7-3-2-4-8-13)17-9-5-6-12(10-17)15(19)20/h2-4,7-8,11-12H,5-6,9-10H2,1H3,(H,16,18)(H,19,20). The lowest BCUT2D eigenvalue weighted by Gasteiger charge is -2.34. The molecule has 5 heteroatoms. The average molecular weight is 276 g/mol. The number of rotatable bonds is 4. The molecule has 1 amide bonds. The molecule has 2 unspecified atom stereocenters. The van der Waals surface area contributed by atoms with Gasteiger partial charge in [0.15, 0.2) is 0 Å². The summed E-state index contributed by atoms with van der Waals surface area (Å²) in [6, 6.07) is 8.96. The van der Waals surface area contributed by atoms with Crippen LogP contribution in [0.2, 0.25) is 0 Å². The first kappa shape index (κ1) is 14.5. The van der Waals surface area contributed by atoms with Crippen LogP contribution in [-0.2, 0) is 9.59 Å². The van der Waals surface area contributed by atoms with Crippen LogP contribution in [-0.4, -0.2) is 41.0 Å². The number of benzene rings is 1. The van der Waals surface area contributed by atoms with Gasteiger partial charge in [0, 0.05) is 12.2 Å². The molecule has 2 atom stereocenters. The van der Waals surface area contributed by atoms with Crippen molar-refractivity contribution >= 4 is 17.6 Å². The van der Waals surface area contributed by atoms with Crippen molar-refractivity contribution in [2.24, 2.45) is 5.92 Å². The molecule has 1 heterocycles. The zero-order chi connectivity index (χ0) is 14.5. The fourth-order valence-corrected chi connectivity index (χ4v) is 2.49. The van der Waals surface area contributed by atoms with E-state index in [1.54, 1.807) is 0 Å². The molecular formula is C15H20N2O3. The highest BCUT2D eigenvalue weighted by Crippen LogP contribution is 2.19. The van der Waals surface area contributed by atoms with Gasteiger partial charge in [0.05, 0.1) is 12.0 Å². The van der Waals surface area contributed by atoms with E-state index in [2.05, 4.69) is 5.32 Å². The fourth-order valence-electron chi connectivity index (χ4n) is 2.49. The monoisotopic (exact) mass is 276 g/mol. The van der Waals surface area contributed by atoms with Crippen molar-refractivity contribution in [3.63, 3.8) is 0 Å². The van der Waals surface area contributed by atoms with Gasteiger partial charge in [-0.3, -0.25) is 14.5 Å². The molecule has 1 saturated heterocycles. The maximum atomic E-state index is 12.2. The normalized spacial score (nSPS) is 21.1. The van der Waals surface area contributed by atoms with Gasteiger partial charge in [0.1, 0.15) is 0 Å². The van der Waals surface area contributed by atoms with Gasteiger partial charge >= 0.3 is 5.97 Å². The Bertz CT molecular complexity index is 475. The first-order valence-electron chi connectivity index (χ1n) is 6.90. The van der Waals surface area contributed by atoms with Crippen LogP contribution in [0.5, 0.6) is 0 Å². The van der Waals surface area contributed by atoms with Gasteiger partial charge in [-0.25, -0.2) is 0 Å². The first-order valence-corrected chi connectivity index (χ1v) is 6.90. The van der Waals surface area contributed by atoms with Crippen molar-refractivity contribution < 1.29 is 14.7 Å². The molecule has 2 rings (SSSR count). The molecule has 20 heavy (non-hydrogen) atoms. The van der Waals surface area contributed by atoms with E-state index in [1.165, 1.54) is 0 Å². The number of carboxylic acids is 1. The summed E-state index contributed by atoms with van der Waals surface area (Å²) in [4.78, 5) is 25.2. The maximum absolute atomic E-state index is 12.2. The van der Waals surface area contributed by atoms with Crippen molar-refractivity contribution in [2.75, 3.05) is 18.4 Å². The third-order valence-corrected chi connectivity index (χ3v) is 3.77. The summed E-state index contributed by atoms with van der Waals surface area (Å²) < 4.78 is 0. The Morgan fingerprint density at radius 3 is 2.70 bits per heavy atom. The molecule has 2 N–H and O–H groups in total. The van der Waals surface area contributed by atoms with Crippen molar-refractivity contribution in [1.29, 1.82) is 0 Å². The summed E-state index contributed by atoms with van der Waals surface area (Å²) in [5.74, 6) is -1.23. The quantitative estimate of drug-likeness (QED) is 0.880. The smallest absolute Gasteiger partial charge is 0.307 e. The van der Waals surface area contributed by atoms with Gasteiger partial charge in [-0.2, -0.15) is 0 Å². The Kier molecular flexibility index (Phi) is 4.74. The van der Waals surface area contributed by atoms with Crippen LogP contribution < -0.4 is 5.32 Å². The number of carbonyl (C=O) groups is 2. The van der Waals surface area contributed by atoms with Gasteiger partial charge in [-0.1, -0.05) is 18.2 Å². The minimum absolute atomic E-state index is 0.0951. The zero-order valence-corrected chi connectivity index (χ0v) is 11.6. The minimum atomic E-state index is -0.773. The molecule has 1 aromatic rings. The van der Waals surface area contributed by atoms with E-state index in [-0.39, 0.29) is 17.9 Å². The molecule has 0 saturated carbocycles. The molecule has 1 fully saturated rings. The number of carboxylic acid groups (broad SMARTS) is 1. The molecule has 0 spiro atoms. The molecular weight excluding hydrogens is 256 g/mol. The van der Waals surface area contributed by atoms with Crippen LogP contribution in [0.15, 0.2) is 30.3 Å². The van der Waals surface area contributed by atoms with Gasteiger partial charge in [0.25, 0.3) is 0 Å². The summed E-state index contributed by atoms with van der Waals surface area (Å²) in [7, 11) is 0. The molecule has 1 aliphatic rings. The predicted octanol–water partition coefficient (Wildman–Crippen LogP) is 1.81. The number of aliphatic carboxylic acids is 1.